The van der Waals surface area contributed by atoms with Gasteiger partial charge in [-0.1, -0.05) is 36.4 Å². The van der Waals surface area contributed by atoms with Crippen molar-refractivity contribution in [3.63, 3.8) is 0 Å². The Morgan fingerprint density at radius 3 is 2.55 bits per heavy atom. The normalized spacial score (nSPS) is 12.4. The summed E-state index contributed by atoms with van der Waals surface area (Å²) in [4.78, 5) is 29.1. The predicted molar refractivity (Wildman–Crippen MR) is 100 cm³/mol. The van der Waals surface area contributed by atoms with Crippen molar-refractivity contribution in [1.82, 2.24) is 10.3 Å². The van der Waals surface area contributed by atoms with E-state index in [1.165, 1.54) is 12.1 Å². The van der Waals surface area contributed by atoms with Crippen LogP contribution in [0.15, 0.2) is 60.8 Å². The van der Waals surface area contributed by atoms with E-state index in [4.69, 9.17) is 4.74 Å². The first-order valence-electron chi connectivity index (χ1n) is 8.68. The van der Waals surface area contributed by atoms with E-state index >= 15 is 0 Å². The van der Waals surface area contributed by atoms with Crippen molar-refractivity contribution in [3.05, 3.63) is 77.5 Å². The van der Waals surface area contributed by atoms with E-state index in [0.717, 1.165) is 24.6 Å². The second kappa shape index (κ2) is 8.30. The Hall–Kier alpha value is -3.42. The van der Waals surface area contributed by atoms with Gasteiger partial charge in [-0.25, -0.2) is 4.79 Å². The topological polar surface area (TPSA) is 68.3 Å². The number of hydrogen-bond donors (Lipinski definition) is 1. The van der Waals surface area contributed by atoms with Gasteiger partial charge in [-0.05, 0) is 23.8 Å². The van der Waals surface area contributed by atoms with E-state index in [9.17, 15) is 22.8 Å². The van der Waals surface area contributed by atoms with Crippen LogP contribution in [0.5, 0.6) is 0 Å². The van der Waals surface area contributed by atoms with Gasteiger partial charge in [0, 0.05) is 18.0 Å². The summed E-state index contributed by atoms with van der Waals surface area (Å²) in [7, 11) is 1.15. The number of pyridine rings is 1. The van der Waals surface area contributed by atoms with Crippen LogP contribution in [0.3, 0.4) is 0 Å². The Balaban J connectivity index is 1.86. The van der Waals surface area contributed by atoms with Gasteiger partial charge in [0.2, 0.25) is 0 Å². The molecule has 1 amide bonds. The Kier molecular flexibility index (Phi) is 5.81. The zero-order valence-corrected chi connectivity index (χ0v) is 15.4. The lowest BCUT2D eigenvalue weighted by atomic mass is 10.0. The predicted octanol–water partition coefficient (Wildman–Crippen LogP) is 3.77. The van der Waals surface area contributed by atoms with Gasteiger partial charge in [0.1, 0.15) is 6.04 Å². The number of aromatic nitrogens is 1. The number of rotatable bonds is 5. The molecule has 0 saturated heterocycles. The van der Waals surface area contributed by atoms with Crippen LogP contribution in [0.25, 0.3) is 10.9 Å². The molecule has 1 heterocycles. The van der Waals surface area contributed by atoms with Crippen molar-refractivity contribution in [1.29, 1.82) is 0 Å². The molecule has 3 rings (SSSR count). The number of benzene rings is 2. The molecule has 0 aliphatic heterocycles. The van der Waals surface area contributed by atoms with E-state index in [2.05, 4.69) is 10.3 Å². The standard InChI is InChI=1S/C21H17F3N2O3/c1-29-20(28)17(12-13-5-2-8-15(11-13)21(22,23)24)26-19(27)16-9-3-6-14-7-4-10-25-18(14)16/h2-11,17H,12H2,1H3,(H,26,27)/t17-/m1/s1. The number of nitrogens with one attached hydrogen (secondary N) is 1. The first kappa shape index (κ1) is 20.3. The molecule has 0 aliphatic carbocycles. The molecule has 150 valence electrons. The lowest BCUT2D eigenvalue weighted by Gasteiger charge is -2.18. The van der Waals surface area contributed by atoms with E-state index in [0.29, 0.717) is 5.52 Å². The molecule has 5 nitrogen and oxygen atoms in total. The summed E-state index contributed by atoms with van der Waals surface area (Å²) in [5.41, 5.74) is 0.117. The number of nitrogens with zero attached hydrogens (tertiary/aromatic N) is 1. The van der Waals surface area contributed by atoms with Crippen molar-refractivity contribution in [2.24, 2.45) is 0 Å². The number of esters is 1. The maximum atomic E-state index is 12.9. The lowest BCUT2D eigenvalue weighted by Crippen LogP contribution is -2.43. The van der Waals surface area contributed by atoms with Crippen LogP contribution in [-0.4, -0.2) is 30.0 Å². The minimum Gasteiger partial charge on any atom is -0.467 e. The van der Waals surface area contributed by atoms with Crippen LogP contribution in [0.1, 0.15) is 21.5 Å². The van der Waals surface area contributed by atoms with Gasteiger partial charge in [0.15, 0.2) is 0 Å². The van der Waals surface area contributed by atoms with Gasteiger partial charge in [-0.2, -0.15) is 13.2 Å². The summed E-state index contributed by atoms with van der Waals surface area (Å²) in [5.74, 6) is -1.33. The molecule has 1 N–H and O–H groups in total. The minimum atomic E-state index is -4.51. The molecule has 0 fully saturated rings. The van der Waals surface area contributed by atoms with Crippen molar-refractivity contribution in [2.45, 2.75) is 18.6 Å². The third-order valence-corrected chi connectivity index (χ3v) is 4.36. The van der Waals surface area contributed by atoms with E-state index in [1.54, 1.807) is 36.5 Å². The molecule has 1 aromatic heterocycles. The van der Waals surface area contributed by atoms with Crippen LogP contribution in [0.2, 0.25) is 0 Å². The smallest absolute Gasteiger partial charge is 0.416 e. The van der Waals surface area contributed by atoms with E-state index in [-0.39, 0.29) is 17.5 Å². The quantitative estimate of drug-likeness (QED) is 0.660. The Morgan fingerprint density at radius 1 is 1.10 bits per heavy atom. The molecule has 0 bridgehead atoms. The van der Waals surface area contributed by atoms with Crippen LogP contribution in [0, 0.1) is 0 Å². The fourth-order valence-electron chi connectivity index (χ4n) is 2.97. The van der Waals surface area contributed by atoms with Gasteiger partial charge in [0.05, 0.1) is 23.8 Å². The number of carbonyl (C=O) groups excluding carboxylic acids is 2. The fourth-order valence-corrected chi connectivity index (χ4v) is 2.97. The summed E-state index contributed by atoms with van der Waals surface area (Å²) < 4.78 is 43.5. The molecule has 8 heteroatoms. The maximum Gasteiger partial charge on any atom is 0.416 e. The van der Waals surface area contributed by atoms with Crippen LogP contribution in [-0.2, 0) is 22.1 Å². The van der Waals surface area contributed by atoms with Gasteiger partial charge in [-0.3, -0.25) is 9.78 Å². The molecular weight excluding hydrogens is 385 g/mol. The van der Waals surface area contributed by atoms with Gasteiger partial charge < -0.3 is 10.1 Å². The van der Waals surface area contributed by atoms with E-state index < -0.39 is 29.7 Å². The van der Waals surface area contributed by atoms with Crippen molar-refractivity contribution >= 4 is 22.8 Å². The van der Waals surface area contributed by atoms with Crippen molar-refractivity contribution < 1.29 is 27.5 Å². The lowest BCUT2D eigenvalue weighted by molar-refractivity contribution is -0.142. The zero-order chi connectivity index (χ0) is 21.0. The molecule has 0 saturated carbocycles. The van der Waals surface area contributed by atoms with E-state index in [1.807, 2.05) is 0 Å². The molecule has 29 heavy (non-hydrogen) atoms. The SMILES string of the molecule is COC(=O)[C@@H](Cc1cccc(C(F)(F)F)c1)NC(=O)c1cccc2cccnc12. The van der Waals surface area contributed by atoms with Gasteiger partial charge in [0.25, 0.3) is 5.91 Å². The fraction of sp³-hybridized carbons (Fsp3) is 0.190. The summed E-state index contributed by atoms with van der Waals surface area (Å²) in [5, 5.41) is 3.29. The monoisotopic (exact) mass is 402 g/mol. The van der Waals surface area contributed by atoms with Crippen LogP contribution >= 0.6 is 0 Å². The number of carbonyl (C=O) groups is 2. The third kappa shape index (κ3) is 4.71. The highest BCUT2D eigenvalue weighted by Crippen LogP contribution is 2.29. The van der Waals surface area contributed by atoms with Gasteiger partial charge in [-0.15, -0.1) is 0 Å². The van der Waals surface area contributed by atoms with Gasteiger partial charge >= 0.3 is 12.1 Å². The first-order valence-corrected chi connectivity index (χ1v) is 8.68. The second-order valence-corrected chi connectivity index (χ2v) is 6.33. The Bertz CT molecular complexity index is 1050. The molecule has 1 atom stereocenters. The second-order valence-electron chi connectivity index (χ2n) is 6.33. The summed E-state index contributed by atoms with van der Waals surface area (Å²) in [6.45, 7) is 0. The average Bonchev–Trinajstić information content (AvgIpc) is 2.71. The Morgan fingerprint density at radius 2 is 1.83 bits per heavy atom. The summed E-state index contributed by atoms with van der Waals surface area (Å²) in [6.07, 6.45) is -3.12. The zero-order valence-electron chi connectivity index (χ0n) is 15.4. The Labute approximate surface area is 164 Å². The number of methoxy groups -OCH3 is 1. The number of amides is 1. The van der Waals surface area contributed by atoms with Crippen molar-refractivity contribution in [2.75, 3.05) is 7.11 Å². The summed E-state index contributed by atoms with van der Waals surface area (Å²) in [6, 6.07) is 12.0. The van der Waals surface area contributed by atoms with Crippen LogP contribution in [0.4, 0.5) is 13.2 Å². The highest BCUT2D eigenvalue weighted by Gasteiger charge is 2.31. The number of alkyl halides is 3. The third-order valence-electron chi connectivity index (χ3n) is 4.36. The molecular formula is C21H17F3N2O3. The number of halogens is 3. The number of para-hydroxylation sites is 1. The highest BCUT2D eigenvalue weighted by molar-refractivity contribution is 6.06. The minimum absolute atomic E-state index is 0.152. The highest BCUT2D eigenvalue weighted by atomic mass is 19.4. The molecule has 0 spiro atoms. The molecule has 0 radical (unpaired) electrons. The number of ether oxygens (including phenoxy) is 1. The van der Waals surface area contributed by atoms with Crippen LogP contribution < -0.4 is 5.32 Å². The van der Waals surface area contributed by atoms with Crippen molar-refractivity contribution in [3.8, 4) is 0 Å². The largest absolute Gasteiger partial charge is 0.467 e. The molecule has 3 aromatic rings. The summed E-state index contributed by atoms with van der Waals surface area (Å²) >= 11 is 0. The molecule has 2 aromatic carbocycles. The maximum absolute atomic E-state index is 12.9. The molecule has 0 aliphatic rings. The number of hydrogen-bond acceptors (Lipinski definition) is 4. The molecule has 0 unspecified atom stereocenters. The first-order chi connectivity index (χ1) is 13.8. The average molecular weight is 402 g/mol. The number of fused-ring (bicyclic) bond motifs is 1.